The molecule has 0 spiro atoms. The highest BCUT2D eigenvalue weighted by Gasteiger charge is 2.04. The van der Waals surface area contributed by atoms with E-state index in [0.717, 1.165) is 6.07 Å². The molecule has 5 heteroatoms. The molecule has 1 aromatic carbocycles. The molecular formula is C12H10F2N2O. The third kappa shape index (κ3) is 2.50. The lowest BCUT2D eigenvalue weighted by Gasteiger charge is -2.08. The summed E-state index contributed by atoms with van der Waals surface area (Å²) < 4.78 is 27.6. The van der Waals surface area contributed by atoms with Crippen molar-refractivity contribution in [3.05, 3.63) is 64.1 Å². The molecule has 88 valence electrons. The minimum Gasteiger partial charge on any atom is -0.394 e. The Bertz CT molecular complexity index is 608. The minimum absolute atomic E-state index is 0.0926. The summed E-state index contributed by atoms with van der Waals surface area (Å²) in [5.41, 5.74) is 5.59. The second-order valence-corrected chi connectivity index (χ2v) is 3.67. The third-order valence-corrected chi connectivity index (χ3v) is 2.37. The van der Waals surface area contributed by atoms with Crippen LogP contribution in [-0.4, -0.2) is 4.57 Å². The summed E-state index contributed by atoms with van der Waals surface area (Å²) in [5.74, 6) is -1.24. The molecule has 0 saturated carbocycles. The Morgan fingerprint density at radius 3 is 2.65 bits per heavy atom. The molecule has 2 rings (SSSR count). The van der Waals surface area contributed by atoms with Gasteiger partial charge in [0.25, 0.3) is 0 Å². The Kier molecular flexibility index (Phi) is 2.91. The molecule has 17 heavy (non-hydrogen) atoms. The third-order valence-electron chi connectivity index (χ3n) is 2.37. The van der Waals surface area contributed by atoms with Gasteiger partial charge in [-0.2, -0.15) is 0 Å². The second-order valence-electron chi connectivity index (χ2n) is 3.67. The van der Waals surface area contributed by atoms with E-state index in [4.69, 9.17) is 5.73 Å². The van der Waals surface area contributed by atoms with Gasteiger partial charge >= 0.3 is 0 Å². The van der Waals surface area contributed by atoms with Gasteiger partial charge in [0, 0.05) is 36.6 Å². The van der Waals surface area contributed by atoms with E-state index in [-0.39, 0.29) is 17.7 Å². The van der Waals surface area contributed by atoms with Crippen molar-refractivity contribution in [2.75, 3.05) is 5.73 Å². The van der Waals surface area contributed by atoms with Crippen LogP contribution in [-0.2, 0) is 6.54 Å². The van der Waals surface area contributed by atoms with Crippen molar-refractivity contribution in [3.63, 3.8) is 0 Å². The molecule has 1 heterocycles. The predicted octanol–water partition coefficient (Wildman–Crippen LogP) is 1.76. The summed E-state index contributed by atoms with van der Waals surface area (Å²) in [6.45, 7) is 0.191. The Balaban J connectivity index is 2.31. The molecule has 0 aliphatic heterocycles. The van der Waals surface area contributed by atoms with Crippen molar-refractivity contribution in [1.82, 2.24) is 4.57 Å². The maximum absolute atomic E-state index is 13.4. The standard InChI is InChI=1S/C12H10F2N2O/c13-9-2-1-8(10(14)5-9)6-16-4-3-12(17)11(15)7-16/h1-5,7H,6,15H2. The Morgan fingerprint density at radius 2 is 2.00 bits per heavy atom. The first kappa shape index (κ1) is 11.3. The summed E-state index contributed by atoms with van der Waals surface area (Å²) in [4.78, 5) is 11.1. The first-order valence-electron chi connectivity index (χ1n) is 4.96. The fourth-order valence-corrected chi connectivity index (χ4v) is 1.49. The molecule has 0 atom stereocenters. The molecule has 0 bridgehead atoms. The average Bonchev–Trinajstić information content (AvgIpc) is 2.27. The van der Waals surface area contributed by atoms with Gasteiger partial charge in [-0.05, 0) is 6.07 Å². The van der Waals surface area contributed by atoms with E-state index in [1.165, 1.54) is 30.6 Å². The molecule has 0 fully saturated rings. The number of nitrogens with two attached hydrogens (primary N) is 1. The van der Waals surface area contributed by atoms with Crippen LogP contribution in [0.3, 0.4) is 0 Å². The monoisotopic (exact) mass is 236 g/mol. The molecule has 3 nitrogen and oxygen atoms in total. The highest BCUT2D eigenvalue weighted by molar-refractivity contribution is 5.34. The van der Waals surface area contributed by atoms with Crippen molar-refractivity contribution < 1.29 is 8.78 Å². The number of halogens is 2. The van der Waals surface area contributed by atoms with Crippen molar-refractivity contribution in [2.45, 2.75) is 6.54 Å². The molecule has 0 radical (unpaired) electrons. The van der Waals surface area contributed by atoms with Crippen LogP contribution in [0.5, 0.6) is 0 Å². The van der Waals surface area contributed by atoms with Crippen molar-refractivity contribution in [3.8, 4) is 0 Å². The number of hydrogen-bond donors (Lipinski definition) is 1. The van der Waals surface area contributed by atoms with Crippen molar-refractivity contribution in [2.24, 2.45) is 0 Å². The fourth-order valence-electron chi connectivity index (χ4n) is 1.49. The van der Waals surface area contributed by atoms with Crippen molar-refractivity contribution >= 4 is 5.69 Å². The van der Waals surface area contributed by atoms with E-state index in [0.29, 0.717) is 5.56 Å². The maximum atomic E-state index is 13.4. The van der Waals surface area contributed by atoms with Crippen LogP contribution in [0.25, 0.3) is 0 Å². The van der Waals surface area contributed by atoms with E-state index in [1.807, 2.05) is 0 Å². The number of hydrogen-bond acceptors (Lipinski definition) is 2. The van der Waals surface area contributed by atoms with Gasteiger partial charge in [-0.25, -0.2) is 8.78 Å². The first-order valence-corrected chi connectivity index (χ1v) is 4.96. The predicted molar refractivity (Wildman–Crippen MR) is 60.6 cm³/mol. The zero-order chi connectivity index (χ0) is 12.4. The van der Waals surface area contributed by atoms with Gasteiger partial charge in [0.2, 0.25) is 5.43 Å². The second kappa shape index (κ2) is 4.37. The van der Waals surface area contributed by atoms with Gasteiger partial charge in [-0.15, -0.1) is 0 Å². The lowest BCUT2D eigenvalue weighted by Crippen LogP contribution is -2.11. The molecular weight excluding hydrogens is 226 g/mol. The number of pyridine rings is 1. The minimum atomic E-state index is -0.623. The smallest absolute Gasteiger partial charge is 0.204 e. The zero-order valence-electron chi connectivity index (χ0n) is 8.86. The maximum Gasteiger partial charge on any atom is 0.204 e. The molecule has 2 aromatic rings. The van der Waals surface area contributed by atoms with Gasteiger partial charge in [0.05, 0.1) is 5.69 Å². The Morgan fingerprint density at radius 1 is 1.24 bits per heavy atom. The molecule has 0 amide bonds. The van der Waals surface area contributed by atoms with Crippen LogP contribution in [0, 0.1) is 11.6 Å². The van der Waals surface area contributed by atoms with Crippen LogP contribution in [0.4, 0.5) is 14.5 Å². The average molecular weight is 236 g/mol. The molecule has 2 N–H and O–H groups in total. The first-order chi connectivity index (χ1) is 8.06. The summed E-state index contributed by atoms with van der Waals surface area (Å²) in [6.07, 6.45) is 2.92. The summed E-state index contributed by atoms with van der Waals surface area (Å²) >= 11 is 0. The molecule has 1 aromatic heterocycles. The lowest BCUT2D eigenvalue weighted by molar-refractivity contribution is 0.566. The lowest BCUT2D eigenvalue weighted by atomic mass is 10.2. The van der Waals surface area contributed by atoms with E-state index >= 15 is 0 Å². The zero-order valence-corrected chi connectivity index (χ0v) is 8.86. The Hall–Kier alpha value is -2.17. The topological polar surface area (TPSA) is 48.0 Å². The summed E-state index contributed by atoms with van der Waals surface area (Å²) in [6, 6.07) is 4.67. The van der Waals surface area contributed by atoms with E-state index in [1.54, 1.807) is 4.57 Å². The molecule has 0 unspecified atom stereocenters. The van der Waals surface area contributed by atoms with Gasteiger partial charge in [-0.3, -0.25) is 4.79 Å². The van der Waals surface area contributed by atoms with Gasteiger partial charge in [0.1, 0.15) is 11.6 Å². The van der Waals surface area contributed by atoms with Crippen LogP contribution in [0.1, 0.15) is 5.56 Å². The SMILES string of the molecule is Nc1cn(Cc2ccc(F)cc2F)ccc1=O. The van der Waals surface area contributed by atoms with Crippen LogP contribution in [0.15, 0.2) is 41.5 Å². The van der Waals surface area contributed by atoms with Gasteiger partial charge in [-0.1, -0.05) is 6.07 Å². The molecule has 0 aliphatic rings. The molecule has 0 saturated heterocycles. The van der Waals surface area contributed by atoms with E-state index in [2.05, 4.69) is 0 Å². The summed E-state index contributed by atoms with van der Waals surface area (Å²) in [7, 11) is 0. The highest BCUT2D eigenvalue weighted by Crippen LogP contribution is 2.11. The normalized spacial score (nSPS) is 10.5. The van der Waals surface area contributed by atoms with E-state index < -0.39 is 11.6 Å². The van der Waals surface area contributed by atoms with E-state index in [9.17, 15) is 13.6 Å². The number of benzene rings is 1. The summed E-state index contributed by atoms with van der Waals surface area (Å²) in [5, 5.41) is 0. The Labute approximate surface area is 96.1 Å². The quantitative estimate of drug-likeness (QED) is 0.863. The number of nitrogen functional groups attached to an aromatic ring is 1. The number of anilines is 1. The van der Waals surface area contributed by atoms with Crippen molar-refractivity contribution in [1.29, 1.82) is 0 Å². The van der Waals surface area contributed by atoms with Crippen LogP contribution in [0.2, 0.25) is 0 Å². The van der Waals surface area contributed by atoms with Crippen LogP contribution >= 0.6 is 0 Å². The number of aromatic nitrogens is 1. The largest absolute Gasteiger partial charge is 0.394 e. The van der Waals surface area contributed by atoms with Crippen LogP contribution < -0.4 is 11.2 Å². The highest BCUT2D eigenvalue weighted by atomic mass is 19.1. The van der Waals surface area contributed by atoms with Gasteiger partial charge < -0.3 is 10.3 Å². The number of nitrogens with zero attached hydrogens (tertiary/aromatic N) is 1. The fraction of sp³-hybridized carbons (Fsp3) is 0.0833. The molecule has 0 aliphatic carbocycles. The van der Waals surface area contributed by atoms with Gasteiger partial charge in [0.15, 0.2) is 0 Å². The number of rotatable bonds is 2.